The lowest BCUT2D eigenvalue weighted by Crippen LogP contribution is -2.56. The minimum Gasteiger partial charge on any atom is -0.506 e. The molecule has 0 spiro atoms. The van der Waals surface area contributed by atoms with Crippen LogP contribution in [0.1, 0.15) is 65.3 Å². The van der Waals surface area contributed by atoms with Gasteiger partial charge >= 0.3 is 5.97 Å². The number of nitrogens with one attached hydrogen (secondary N) is 3. The largest absolute Gasteiger partial charge is 0.506 e. The van der Waals surface area contributed by atoms with Crippen molar-refractivity contribution in [3.8, 4) is 11.5 Å². The van der Waals surface area contributed by atoms with Crippen LogP contribution in [0.25, 0.3) is 10.9 Å². The van der Waals surface area contributed by atoms with Crippen molar-refractivity contribution in [2.45, 2.75) is 56.3 Å². The van der Waals surface area contributed by atoms with Crippen LogP contribution in [0.15, 0.2) is 77.6 Å². The van der Waals surface area contributed by atoms with Gasteiger partial charge in [0.15, 0.2) is 5.54 Å². The van der Waals surface area contributed by atoms with E-state index in [2.05, 4.69) is 20.5 Å². The molecule has 5 N–H and O–H groups in total. The van der Waals surface area contributed by atoms with Crippen LogP contribution in [0.3, 0.4) is 0 Å². The van der Waals surface area contributed by atoms with Crippen LogP contribution in [-0.4, -0.2) is 77.4 Å². The molecular formula is C39H44N4O7. The zero-order valence-electron chi connectivity index (χ0n) is 28.0. The van der Waals surface area contributed by atoms with Gasteiger partial charge in [0.2, 0.25) is 5.56 Å². The van der Waals surface area contributed by atoms with Crippen LogP contribution in [0.5, 0.6) is 11.5 Å². The van der Waals surface area contributed by atoms with E-state index in [1.54, 1.807) is 30.3 Å². The predicted molar refractivity (Wildman–Crippen MR) is 188 cm³/mol. The van der Waals surface area contributed by atoms with Crippen molar-refractivity contribution in [3.05, 3.63) is 105 Å². The summed E-state index contributed by atoms with van der Waals surface area (Å²) in [6.07, 6.45) is 3.75. The number of aromatic nitrogens is 1. The molecule has 3 aromatic carbocycles. The van der Waals surface area contributed by atoms with E-state index in [-0.39, 0.29) is 29.3 Å². The molecular weight excluding hydrogens is 636 g/mol. The molecule has 50 heavy (non-hydrogen) atoms. The van der Waals surface area contributed by atoms with Crippen molar-refractivity contribution in [3.63, 3.8) is 0 Å². The van der Waals surface area contributed by atoms with Gasteiger partial charge in [-0.2, -0.15) is 0 Å². The van der Waals surface area contributed by atoms with Gasteiger partial charge < -0.3 is 35.3 Å². The quantitative estimate of drug-likeness (QED) is 0.105. The number of esters is 1. The monoisotopic (exact) mass is 680 g/mol. The van der Waals surface area contributed by atoms with E-state index in [4.69, 9.17) is 9.47 Å². The lowest BCUT2D eigenvalue weighted by atomic mass is 9.85. The molecule has 4 aromatic rings. The van der Waals surface area contributed by atoms with Gasteiger partial charge in [-0.15, -0.1) is 0 Å². The fourth-order valence-corrected chi connectivity index (χ4v) is 7.72. The third kappa shape index (κ3) is 6.98. The van der Waals surface area contributed by atoms with Crippen molar-refractivity contribution in [1.82, 2.24) is 20.5 Å². The predicted octanol–water partition coefficient (Wildman–Crippen LogP) is 3.92. The number of unbranched alkanes of at least 4 members (excludes halogenated alkanes) is 1. The van der Waals surface area contributed by atoms with E-state index in [1.807, 2.05) is 30.3 Å². The highest BCUT2D eigenvalue weighted by molar-refractivity contribution is 5.99. The van der Waals surface area contributed by atoms with Crippen molar-refractivity contribution in [2.75, 3.05) is 39.3 Å². The summed E-state index contributed by atoms with van der Waals surface area (Å²) in [6, 6.07) is 20.9. The second-order valence-corrected chi connectivity index (χ2v) is 13.7. The summed E-state index contributed by atoms with van der Waals surface area (Å²) in [5.74, 6) is 0.152. The summed E-state index contributed by atoms with van der Waals surface area (Å²) in [4.78, 5) is 44.4. The molecule has 8 rings (SSSR count). The Morgan fingerprint density at radius 1 is 1.02 bits per heavy atom. The molecule has 0 radical (unpaired) electrons. The standard InChI is InChI=1S/C39H44N4O7/c44-32-12-10-29(30-11-13-35(46)41-36(30)32)33(45)23-40-18-3-4-21-49-28-8-5-7-27(22-28)37(47)42-39(17-14-25-6-1-2-9-31(25)39)38(48)50-34-24-43-19-15-26(34)16-20-43/h1-2,5-13,22,26,33-34,40,44-45H,3-4,14-21,23-24H2,(H,41,46)(H,42,47)/t33?,34-,39?/m0/s1. The van der Waals surface area contributed by atoms with Crippen molar-refractivity contribution >= 4 is 22.8 Å². The molecule has 11 nitrogen and oxygen atoms in total. The number of rotatable bonds is 13. The molecule has 3 aliphatic heterocycles. The minimum atomic E-state index is -1.24. The van der Waals surface area contributed by atoms with E-state index >= 15 is 0 Å². The third-order valence-electron chi connectivity index (χ3n) is 10.5. The number of fused-ring (bicyclic) bond motifs is 5. The number of aromatic hydroxyl groups is 1. The first-order valence-electron chi connectivity index (χ1n) is 17.6. The first-order valence-corrected chi connectivity index (χ1v) is 17.6. The van der Waals surface area contributed by atoms with Crippen LogP contribution >= 0.6 is 0 Å². The molecule has 4 heterocycles. The number of carbonyl (C=O) groups is 2. The van der Waals surface area contributed by atoms with Gasteiger partial charge in [0.25, 0.3) is 5.91 Å². The van der Waals surface area contributed by atoms with Gasteiger partial charge in [-0.1, -0.05) is 36.4 Å². The summed E-state index contributed by atoms with van der Waals surface area (Å²) in [5, 5.41) is 27.8. The number of aliphatic hydroxyl groups excluding tert-OH is 1. The van der Waals surface area contributed by atoms with Gasteiger partial charge in [0.05, 0.1) is 18.2 Å². The topological polar surface area (TPSA) is 153 Å². The zero-order valence-corrected chi connectivity index (χ0v) is 28.0. The third-order valence-corrected chi connectivity index (χ3v) is 10.5. The molecule has 2 bridgehead atoms. The maximum absolute atomic E-state index is 14.0. The van der Waals surface area contributed by atoms with E-state index in [0.29, 0.717) is 66.2 Å². The van der Waals surface area contributed by atoms with Crippen molar-refractivity contribution < 1.29 is 29.3 Å². The van der Waals surface area contributed by atoms with Gasteiger partial charge in [-0.3, -0.25) is 14.5 Å². The highest BCUT2D eigenvalue weighted by Crippen LogP contribution is 2.40. The van der Waals surface area contributed by atoms with E-state index < -0.39 is 11.6 Å². The highest BCUT2D eigenvalue weighted by atomic mass is 16.5. The zero-order chi connectivity index (χ0) is 34.7. The maximum Gasteiger partial charge on any atom is 0.336 e. The van der Waals surface area contributed by atoms with Crippen LogP contribution in [-0.2, 0) is 21.5 Å². The number of aromatic amines is 1. The number of pyridine rings is 1. The molecule has 1 aromatic heterocycles. The molecule has 262 valence electrons. The molecule has 0 saturated carbocycles. The lowest BCUT2D eigenvalue weighted by molar-refractivity contribution is -0.167. The number of hydrogen-bond acceptors (Lipinski definition) is 9. The number of benzene rings is 3. The Hall–Kier alpha value is -4.71. The van der Waals surface area contributed by atoms with Gasteiger partial charge in [0.1, 0.15) is 17.6 Å². The summed E-state index contributed by atoms with van der Waals surface area (Å²) < 4.78 is 12.2. The number of phenols is 1. The smallest absolute Gasteiger partial charge is 0.336 e. The number of piperidine rings is 3. The summed E-state index contributed by atoms with van der Waals surface area (Å²) in [5.41, 5.74) is 1.61. The van der Waals surface area contributed by atoms with Crippen LogP contribution in [0, 0.1) is 5.92 Å². The number of aryl methyl sites for hydroxylation is 1. The molecule has 11 heteroatoms. The number of H-pyrrole nitrogens is 1. The van der Waals surface area contributed by atoms with Crippen LogP contribution < -0.4 is 20.9 Å². The number of hydrogen-bond donors (Lipinski definition) is 5. The van der Waals surface area contributed by atoms with Crippen molar-refractivity contribution in [1.29, 1.82) is 0 Å². The fraction of sp³-hybridized carbons (Fsp3) is 0.410. The molecule has 3 fully saturated rings. The summed E-state index contributed by atoms with van der Waals surface area (Å²) in [7, 11) is 0. The van der Waals surface area contributed by atoms with Crippen LogP contribution in [0.4, 0.5) is 0 Å². The fourth-order valence-electron chi connectivity index (χ4n) is 7.72. The first-order chi connectivity index (χ1) is 24.3. The highest BCUT2D eigenvalue weighted by Gasteiger charge is 2.50. The normalized spacial score (nSPS) is 22.9. The lowest BCUT2D eigenvalue weighted by Gasteiger charge is -2.45. The molecule has 4 aliphatic rings. The Kier molecular flexibility index (Phi) is 9.89. The second-order valence-electron chi connectivity index (χ2n) is 13.7. The Morgan fingerprint density at radius 3 is 2.68 bits per heavy atom. The number of phenolic OH excluding ortho intramolecular Hbond substituents is 1. The molecule has 3 saturated heterocycles. The van der Waals surface area contributed by atoms with Gasteiger partial charge in [-0.05, 0) is 111 Å². The van der Waals surface area contributed by atoms with E-state index in [1.165, 1.54) is 12.1 Å². The number of carbonyl (C=O) groups excluding carboxylic acids is 2. The Bertz CT molecular complexity index is 1920. The number of aliphatic hydroxyl groups is 1. The molecule has 2 unspecified atom stereocenters. The average Bonchev–Trinajstić information content (AvgIpc) is 3.51. The molecule has 3 atom stereocenters. The number of nitrogens with zero attached hydrogens (tertiary/aromatic N) is 1. The summed E-state index contributed by atoms with van der Waals surface area (Å²) >= 11 is 0. The van der Waals surface area contributed by atoms with Crippen molar-refractivity contribution in [2.24, 2.45) is 5.92 Å². The first kappa shape index (κ1) is 33.8. The summed E-state index contributed by atoms with van der Waals surface area (Å²) in [6.45, 7) is 4.24. The molecule has 1 aliphatic carbocycles. The number of ether oxygens (including phenoxy) is 2. The Balaban J connectivity index is 0.915. The number of amides is 1. The van der Waals surface area contributed by atoms with E-state index in [9.17, 15) is 24.6 Å². The van der Waals surface area contributed by atoms with Gasteiger partial charge in [-0.25, -0.2) is 4.79 Å². The van der Waals surface area contributed by atoms with Gasteiger partial charge in [0, 0.05) is 30.1 Å². The Labute approximate surface area is 290 Å². The van der Waals surface area contributed by atoms with E-state index in [0.717, 1.165) is 56.4 Å². The van der Waals surface area contributed by atoms with Crippen LogP contribution in [0.2, 0.25) is 0 Å². The minimum absolute atomic E-state index is 0.0455. The molecule has 1 amide bonds. The SMILES string of the molecule is O=C(NC1(C(=O)O[C@H]2CN3CCC2CC3)CCc2ccccc21)c1cccc(OCCCCNCC(O)c2ccc(O)c3[nH]c(=O)ccc23)c1. The second kappa shape index (κ2) is 14.6. The Morgan fingerprint density at radius 2 is 1.86 bits per heavy atom. The maximum atomic E-state index is 14.0. The average molecular weight is 681 g/mol.